The van der Waals surface area contributed by atoms with Crippen molar-refractivity contribution < 1.29 is 24.4 Å². The normalized spacial score (nSPS) is 30.8. The largest absolute Gasteiger partial charge is 0.437 e. The first-order chi connectivity index (χ1) is 21.0. The average molecular weight is 682 g/mol. The molecule has 8 rings (SSSR count). The smallest absolute Gasteiger partial charge is 0.376 e. The maximum absolute atomic E-state index is 11.2. The van der Waals surface area contributed by atoms with Gasteiger partial charge in [0.05, 0.1) is 11.9 Å². The van der Waals surface area contributed by atoms with Crippen molar-refractivity contribution in [2.45, 2.75) is 90.3 Å². The third-order valence-electron chi connectivity index (χ3n) is 10.2. The van der Waals surface area contributed by atoms with Crippen molar-refractivity contribution in [2.75, 3.05) is 70.8 Å². The van der Waals surface area contributed by atoms with E-state index < -0.39 is 7.05 Å². The summed E-state index contributed by atoms with van der Waals surface area (Å²) in [5, 5.41) is 18.9. The van der Waals surface area contributed by atoms with E-state index in [0.29, 0.717) is 53.9 Å². The molecule has 4 N–H and O–H groups in total. The number of alkyl halides is 1. The highest BCUT2D eigenvalue weighted by Crippen LogP contribution is 2.26. The zero-order valence-corrected chi connectivity index (χ0v) is 29.0. The van der Waals surface area contributed by atoms with E-state index in [4.69, 9.17) is 10.8 Å². The fourth-order valence-electron chi connectivity index (χ4n) is 7.28. The number of hydrogen-bond acceptors (Lipinski definition) is 10. The number of halogens is 1. The molecule has 8 aliphatic rings. The highest BCUT2D eigenvalue weighted by molar-refractivity contribution is 9.09. The SMILES string of the molecule is CB(O)N1CCC(=O)CC1.CB(O)N1CCC(CC(=O)CBr)CC1.NC1CC2CCN(CC2)C1.O=C1CC2CCN(CC2)C1. The maximum Gasteiger partial charge on any atom is 0.376 e. The first-order valence-electron chi connectivity index (χ1n) is 17.2. The standard InChI is InChI=1S/C9H17BBrNO2.C8H16N2.C8H13NO.C6H12BNO2/c1-10(14)12-4-2-8(3-5-12)6-9(13)7-11;9-8-5-7-1-3-10(6-8)4-2-7;10-8-5-7-1-3-9(6-8)4-2-7;1-7(10)8-4-2-6(9)3-5-8/h8,14H,2-7H2,1H3;7-8H,1-6,9H2;7H,1-6H2;10H,2-5H2,1H3. The zero-order chi connectivity index (χ0) is 32.1. The van der Waals surface area contributed by atoms with E-state index in [0.717, 1.165) is 83.5 Å². The van der Waals surface area contributed by atoms with E-state index in [1.165, 1.54) is 45.2 Å². The van der Waals surface area contributed by atoms with Crippen LogP contribution in [0.2, 0.25) is 13.6 Å². The molecule has 8 saturated heterocycles. The Balaban J connectivity index is 0.000000162. The van der Waals surface area contributed by atoms with Gasteiger partial charge in [0.15, 0.2) is 0 Å². The predicted molar refractivity (Wildman–Crippen MR) is 182 cm³/mol. The van der Waals surface area contributed by atoms with Gasteiger partial charge in [-0.05, 0) is 129 Å². The first-order valence-corrected chi connectivity index (χ1v) is 18.3. The van der Waals surface area contributed by atoms with E-state index in [9.17, 15) is 19.4 Å². The van der Waals surface area contributed by atoms with Gasteiger partial charge in [-0.1, -0.05) is 15.9 Å². The van der Waals surface area contributed by atoms with E-state index in [1.54, 1.807) is 13.6 Å². The second-order valence-electron chi connectivity index (χ2n) is 13.9. The van der Waals surface area contributed by atoms with Gasteiger partial charge in [0.25, 0.3) is 0 Å². The molecule has 8 fully saturated rings. The predicted octanol–water partition coefficient (Wildman–Crippen LogP) is 2.03. The summed E-state index contributed by atoms with van der Waals surface area (Å²) in [6, 6.07) is 0.468. The first kappa shape index (κ1) is 37.8. The van der Waals surface area contributed by atoms with E-state index in [1.807, 2.05) is 4.81 Å². The highest BCUT2D eigenvalue weighted by Gasteiger charge is 2.28. The Kier molecular flexibility index (Phi) is 17.1. The number of carbonyl (C=O) groups is 3. The van der Waals surface area contributed by atoms with Crippen LogP contribution in [0.25, 0.3) is 0 Å². The quantitative estimate of drug-likeness (QED) is 0.293. The zero-order valence-electron chi connectivity index (χ0n) is 27.4. The van der Waals surface area contributed by atoms with Gasteiger partial charge in [-0.15, -0.1) is 0 Å². The molecule has 0 aromatic heterocycles. The summed E-state index contributed by atoms with van der Waals surface area (Å²) in [7, 11) is -0.740. The lowest BCUT2D eigenvalue weighted by atomic mass is 9.80. The minimum absolute atomic E-state index is 0.292. The number of nitrogens with two attached hydrogens (primary N) is 1. The summed E-state index contributed by atoms with van der Waals surface area (Å²) in [6.45, 7) is 13.6. The van der Waals surface area contributed by atoms with Gasteiger partial charge in [0.2, 0.25) is 0 Å². The molecule has 0 radical (unpaired) electrons. The van der Waals surface area contributed by atoms with E-state index in [-0.39, 0.29) is 7.05 Å². The third-order valence-corrected chi connectivity index (χ3v) is 10.8. The molecule has 1 unspecified atom stereocenters. The number of fused-ring (bicyclic) bond motifs is 8. The number of rotatable bonds is 5. The Labute approximate surface area is 275 Å². The summed E-state index contributed by atoms with van der Waals surface area (Å²) >= 11 is 3.18. The van der Waals surface area contributed by atoms with Crippen molar-refractivity contribution in [3.8, 4) is 0 Å². The van der Waals surface area contributed by atoms with Crippen molar-refractivity contribution in [3.05, 3.63) is 0 Å². The van der Waals surface area contributed by atoms with Crippen LogP contribution in [0.4, 0.5) is 0 Å². The molecule has 0 aromatic carbocycles. The van der Waals surface area contributed by atoms with Crippen LogP contribution in [0.3, 0.4) is 0 Å². The monoisotopic (exact) mass is 681 g/mol. The maximum atomic E-state index is 11.2. The fraction of sp³-hybridized carbons (Fsp3) is 0.903. The summed E-state index contributed by atoms with van der Waals surface area (Å²) in [6.07, 6.45) is 11.4. The second kappa shape index (κ2) is 19.9. The summed E-state index contributed by atoms with van der Waals surface area (Å²) in [5.74, 6) is 3.27. The minimum Gasteiger partial charge on any atom is -0.437 e. The number of carbonyl (C=O) groups excluding carboxylic acids is 3. The Morgan fingerprint density at radius 3 is 1.86 bits per heavy atom. The van der Waals surface area contributed by atoms with E-state index in [2.05, 4.69) is 30.5 Å². The van der Waals surface area contributed by atoms with Gasteiger partial charge in [-0.25, -0.2) is 0 Å². The van der Waals surface area contributed by atoms with Crippen molar-refractivity contribution >= 4 is 47.4 Å². The molecule has 44 heavy (non-hydrogen) atoms. The number of nitrogens with zero attached hydrogens (tertiary/aromatic N) is 4. The highest BCUT2D eigenvalue weighted by atomic mass is 79.9. The average Bonchev–Trinajstić information content (AvgIpc) is 3.46. The molecule has 13 heteroatoms. The van der Waals surface area contributed by atoms with Crippen LogP contribution in [0.1, 0.15) is 70.6 Å². The molecule has 250 valence electrons. The molecule has 0 aliphatic carbocycles. The second-order valence-corrected chi connectivity index (χ2v) is 14.5. The summed E-state index contributed by atoms with van der Waals surface area (Å²) < 4.78 is 0. The van der Waals surface area contributed by atoms with Gasteiger partial charge in [0.1, 0.15) is 17.3 Å². The lowest BCUT2D eigenvalue weighted by Crippen LogP contribution is -2.43. The Morgan fingerprint density at radius 1 is 0.795 bits per heavy atom. The van der Waals surface area contributed by atoms with Crippen LogP contribution in [0.5, 0.6) is 0 Å². The Morgan fingerprint density at radius 2 is 1.32 bits per heavy atom. The molecule has 4 bridgehead atoms. The minimum atomic E-state index is -0.395. The van der Waals surface area contributed by atoms with Crippen molar-refractivity contribution in [3.63, 3.8) is 0 Å². The van der Waals surface area contributed by atoms with Gasteiger partial charge in [-0.3, -0.25) is 19.3 Å². The van der Waals surface area contributed by atoms with Gasteiger partial charge in [-0.2, -0.15) is 0 Å². The number of hydrogen-bond donors (Lipinski definition) is 3. The lowest BCUT2D eigenvalue weighted by molar-refractivity contribution is -0.121. The van der Waals surface area contributed by atoms with E-state index >= 15 is 0 Å². The number of piperidine rings is 4. The van der Waals surface area contributed by atoms with Crippen LogP contribution < -0.4 is 5.73 Å². The fourth-order valence-corrected chi connectivity index (χ4v) is 7.51. The van der Waals surface area contributed by atoms with Crippen LogP contribution in [-0.2, 0) is 14.4 Å². The summed E-state index contributed by atoms with van der Waals surface area (Å²) in [5.41, 5.74) is 5.91. The molecule has 0 aromatic rings. The molecular formula is C31H58B2BrN5O5. The number of Topliss-reactive ketones (excluding diaryl/α,β-unsaturated/α-hetero) is 3. The summed E-state index contributed by atoms with van der Waals surface area (Å²) in [4.78, 5) is 41.8. The van der Waals surface area contributed by atoms with Crippen molar-refractivity contribution in [1.29, 1.82) is 0 Å². The topological polar surface area (TPSA) is 131 Å². The van der Waals surface area contributed by atoms with Gasteiger partial charge >= 0.3 is 14.1 Å². The molecule has 0 amide bonds. The van der Waals surface area contributed by atoms with Crippen LogP contribution in [-0.4, -0.2) is 138 Å². The molecule has 8 heterocycles. The van der Waals surface area contributed by atoms with Crippen LogP contribution in [0.15, 0.2) is 0 Å². The Hall–Kier alpha value is -0.660. The van der Waals surface area contributed by atoms with Crippen LogP contribution in [0, 0.1) is 17.8 Å². The molecule has 0 spiro atoms. The molecule has 0 saturated carbocycles. The third kappa shape index (κ3) is 14.0. The Bertz CT molecular complexity index is 840. The molecule has 8 aliphatic heterocycles. The van der Waals surface area contributed by atoms with Gasteiger partial charge < -0.3 is 30.3 Å². The van der Waals surface area contributed by atoms with Crippen molar-refractivity contribution in [1.82, 2.24) is 19.4 Å². The molecular weight excluding hydrogens is 624 g/mol. The molecule has 10 nitrogen and oxygen atoms in total. The number of ketones is 3. The molecule has 1 atom stereocenters. The lowest BCUT2D eigenvalue weighted by Gasteiger charge is -2.32. The van der Waals surface area contributed by atoms with Gasteiger partial charge in [0, 0.05) is 38.3 Å². The van der Waals surface area contributed by atoms with Crippen molar-refractivity contribution in [2.24, 2.45) is 23.5 Å². The van der Waals surface area contributed by atoms with Crippen LogP contribution >= 0.6 is 15.9 Å².